The minimum atomic E-state index is -0.496. The molecule has 0 radical (unpaired) electrons. The van der Waals surface area contributed by atoms with Crippen LogP contribution in [0.15, 0.2) is 60.7 Å². The molecule has 1 saturated heterocycles. The van der Waals surface area contributed by atoms with Crippen LogP contribution >= 0.6 is 0 Å². The van der Waals surface area contributed by atoms with E-state index in [9.17, 15) is 9.59 Å². The zero-order valence-electron chi connectivity index (χ0n) is 13.1. The molecule has 1 fully saturated rings. The predicted molar refractivity (Wildman–Crippen MR) is 88.5 cm³/mol. The summed E-state index contributed by atoms with van der Waals surface area (Å²) in [6.07, 6.45) is 0.517. The molecule has 0 saturated carbocycles. The highest BCUT2D eigenvalue weighted by Gasteiger charge is 2.37. The number of nitrogens with zero attached hydrogens (tertiary/aromatic N) is 1. The number of benzene rings is 2. The molecule has 0 spiro atoms. The van der Waals surface area contributed by atoms with Crippen LogP contribution in [-0.2, 0) is 22.6 Å². The summed E-state index contributed by atoms with van der Waals surface area (Å²) in [5.74, 6) is -0.119. The van der Waals surface area contributed by atoms with Gasteiger partial charge >= 0.3 is 0 Å². The van der Waals surface area contributed by atoms with Gasteiger partial charge in [-0.2, -0.15) is 0 Å². The summed E-state index contributed by atoms with van der Waals surface area (Å²) in [5, 5.41) is 2.85. The Labute approximate surface area is 136 Å². The smallest absolute Gasteiger partial charge is 0.246 e. The fraction of sp³-hybridized carbons (Fsp3) is 0.263. The quantitative estimate of drug-likeness (QED) is 0.941. The minimum Gasteiger partial charge on any atom is -0.342 e. The van der Waals surface area contributed by atoms with Gasteiger partial charge in [-0.25, -0.2) is 0 Å². The Morgan fingerprint density at radius 1 is 0.913 bits per heavy atom. The molecular formula is C19H20N2O2. The second-order valence-corrected chi connectivity index (χ2v) is 5.88. The molecule has 0 aliphatic carbocycles. The molecule has 2 aromatic rings. The first-order valence-electron chi connectivity index (χ1n) is 7.84. The number of piperazine rings is 1. The topological polar surface area (TPSA) is 49.4 Å². The van der Waals surface area contributed by atoms with Crippen LogP contribution in [0.5, 0.6) is 0 Å². The van der Waals surface area contributed by atoms with Crippen molar-refractivity contribution in [3.63, 3.8) is 0 Å². The Morgan fingerprint density at radius 3 is 2.09 bits per heavy atom. The Kier molecular flexibility index (Phi) is 4.42. The first kappa shape index (κ1) is 15.3. The number of nitrogens with one attached hydrogen (secondary N) is 1. The molecule has 2 atom stereocenters. The van der Waals surface area contributed by atoms with E-state index < -0.39 is 12.1 Å². The summed E-state index contributed by atoms with van der Waals surface area (Å²) in [5.41, 5.74) is 2.07. The van der Waals surface area contributed by atoms with Crippen LogP contribution in [0.3, 0.4) is 0 Å². The molecule has 4 nitrogen and oxygen atoms in total. The maximum absolute atomic E-state index is 12.8. The monoisotopic (exact) mass is 308 g/mol. The van der Waals surface area contributed by atoms with Gasteiger partial charge in [0.25, 0.3) is 0 Å². The van der Waals surface area contributed by atoms with Crippen molar-refractivity contribution in [1.29, 1.82) is 0 Å². The van der Waals surface area contributed by atoms with E-state index in [0.717, 1.165) is 11.1 Å². The molecule has 118 valence electrons. The van der Waals surface area contributed by atoms with Crippen molar-refractivity contribution in [3.8, 4) is 0 Å². The van der Waals surface area contributed by atoms with Crippen molar-refractivity contribution in [2.45, 2.75) is 32.0 Å². The first-order chi connectivity index (χ1) is 11.1. The second kappa shape index (κ2) is 6.65. The highest BCUT2D eigenvalue weighted by molar-refractivity contribution is 5.96. The van der Waals surface area contributed by atoms with Crippen molar-refractivity contribution in [3.05, 3.63) is 71.8 Å². The summed E-state index contributed by atoms with van der Waals surface area (Å²) in [4.78, 5) is 26.7. The van der Waals surface area contributed by atoms with E-state index >= 15 is 0 Å². The van der Waals surface area contributed by atoms with Crippen LogP contribution in [-0.4, -0.2) is 28.8 Å². The van der Waals surface area contributed by atoms with Gasteiger partial charge < -0.3 is 10.2 Å². The Morgan fingerprint density at radius 2 is 1.48 bits per heavy atom. The van der Waals surface area contributed by atoms with Gasteiger partial charge in [0.05, 0.1) is 0 Å². The average Bonchev–Trinajstić information content (AvgIpc) is 2.58. The lowest BCUT2D eigenvalue weighted by atomic mass is 10.00. The highest BCUT2D eigenvalue weighted by Crippen LogP contribution is 2.17. The van der Waals surface area contributed by atoms with Crippen LogP contribution in [0.1, 0.15) is 18.1 Å². The third-order valence-corrected chi connectivity index (χ3v) is 4.22. The van der Waals surface area contributed by atoms with Gasteiger partial charge in [-0.1, -0.05) is 60.7 Å². The average molecular weight is 308 g/mol. The van der Waals surface area contributed by atoms with E-state index in [1.165, 1.54) is 0 Å². The third-order valence-electron chi connectivity index (χ3n) is 4.22. The number of amides is 2. The summed E-state index contributed by atoms with van der Waals surface area (Å²) in [6, 6.07) is 18.6. The van der Waals surface area contributed by atoms with Crippen LogP contribution in [0.4, 0.5) is 0 Å². The molecule has 4 heteroatoms. The Bertz CT molecular complexity index is 685. The Hall–Kier alpha value is -2.62. The fourth-order valence-corrected chi connectivity index (χ4v) is 2.87. The lowest BCUT2D eigenvalue weighted by Crippen LogP contribution is -2.62. The van der Waals surface area contributed by atoms with Gasteiger partial charge in [0.15, 0.2) is 0 Å². The van der Waals surface area contributed by atoms with Gasteiger partial charge in [0, 0.05) is 13.0 Å². The third kappa shape index (κ3) is 3.42. The van der Waals surface area contributed by atoms with Gasteiger partial charge in [0.1, 0.15) is 12.1 Å². The largest absolute Gasteiger partial charge is 0.342 e. The number of carbonyl (C=O) groups is 2. The van der Waals surface area contributed by atoms with Crippen molar-refractivity contribution in [1.82, 2.24) is 10.2 Å². The van der Waals surface area contributed by atoms with E-state index in [4.69, 9.17) is 0 Å². The lowest BCUT2D eigenvalue weighted by molar-refractivity contribution is -0.149. The van der Waals surface area contributed by atoms with Gasteiger partial charge in [-0.3, -0.25) is 9.59 Å². The molecule has 1 aliphatic heterocycles. The highest BCUT2D eigenvalue weighted by atomic mass is 16.2. The number of carbonyl (C=O) groups excluding carboxylic acids is 2. The fourth-order valence-electron chi connectivity index (χ4n) is 2.87. The molecule has 1 unspecified atom stereocenters. The predicted octanol–water partition coefficient (Wildman–Crippen LogP) is 2.14. The van der Waals surface area contributed by atoms with E-state index in [0.29, 0.717) is 13.0 Å². The maximum atomic E-state index is 12.8. The first-order valence-corrected chi connectivity index (χ1v) is 7.84. The normalized spacial score (nSPS) is 21.2. The van der Waals surface area contributed by atoms with Crippen molar-refractivity contribution in [2.75, 3.05) is 0 Å². The minimum absolute atomic E-state index is 0.0233. The van der Waals surface area contributed by atoms with E-state index in [-0.39, 0.29) is 11.8 Å². The van der Waals surface area contributed by atoms with Crippen molar-refractivity contribution < 1.29 is 9.59 Å². The van der Waals surface area contributed by atoms with Gasteiger partial charge in [-0.15, -0.1) is 0 Å². The van der Waals surface area contributed by atoms with Crippen LogP contribution in [0.25, 0.3) is 0 Å². The van der Waals surface area contributed by atoms with E-state index in [1.54, 1.807) is 11.8 Å². The number of hydrogen-bond donors (Lipinski definition) is 1. The maximum Gasteiger partial charge on any atom is 0.246 e. The molecule has 1 N–H and O–H groups in total. The molecule has 0 aromatic heterocycles. The molecular weight excluding hydrogens is 288 g/mol. The summed E-state index contributed by atoms with van der Waals surface area (Å²) >= 11 is 0. The lowest BCUT2D eigenvalue weighted by Gasteiger charge is -2.37. The molecule has 2 amide bonds. The summed E-state index contributed by atoms with van der Waals surface area (Å²) in [6.45, 7) is 2.23. The van der Waals surface area contributed by atoms with Crippen molar-refractivity contribution >= 4 is 11.8 Å². The van der Waals surface area contributed by atoms with Crippen LogP contribution < -0.4 is 5.32 Å². The van der Waals surface area contributed by atoms with Crippen molar-refractivity contribution in [2.24, 2.45) is 0 Å². The SMILES string of the molecule is CC1C(=O)N[C@H](Cc2ccccc2)C(=O)N1Cc1ccccc1. The zero-order chi connectivity index (χ0) is 16.2. The summed E-state index contributed by atoms with van der Waals surface area (Å²) < 4.78 is 0. The molecule has 23 heavy (non-hydrogen) atoms. The second-order valence-electron chi connectivity index (χ2n) is 5.88. The van der Waals surface area contributed by atoms with Crippen LogP contribution in [0, 0.1) is 0 Å². The Balaban J connectivity index is 1.78. The zero-order valence-corrected chi connectivity index (χ0v) is 13.1. The molecule has 2 aromatic carbocycles. The van der Waals surface area contributed by atoms with E-state index in [2.05, 4.69) is 5.32 Å². The molecule has 1 heterocycles. The molecule has 1 aliphatic rings. The standard InChI is InChI=1S/C19H20N2O2/c1-14-18(22)20-17(12-15-8-4-2-5-9-15)19(23)21(14)13-16-10-6-3-7-11-16/h2-11,14,17H,12-13H2,1H3,(H,20,22)/t14?,17-/m1/s1. The van der Waals surface area contributed by atoms with Crippen LogP contribution in [0.2, 0.25) is 0 Å². The van der Waals surface area contributed by atoms with Gasteiger partial charge in [-0.05, 0) is 18.1 Å². The van der Waals surface area contributed by atoms with Gasteiger partial charge in [0.2, 0.25) is 11.8 Å². The number of hydrogen-bond acceptors (Lipinski definition) is 2. The summed E-state index contributed by atoms with van der Waals surface area (Å²) in [7, 11) is 0. The molecule has 3 rings (SSSR count). The number of rotatable bonds is 4. The molecule has 0 bridgehead atoms. The van der Waals surface area contributed by atoms with E-state index in [1.807, 2.05) is 60.7 Å².